The van der Waals surface area contributed by atoms with Crippen molar-refractivity contribution in [2.45, 2.75) is 6.92 Å². The van der Waals surface area contributed by atoms with Crippen LogP contribution in [0.3, 0.4) is 0 Å². The Morgan fingerprint density at radius 3 is 2.77 bits per heavy atom. The van der Waals surface area contributed by atoms with Gasteiger partial charge in [0.15, 0.2) is 6.61 Å². The first kappa shape index (κ1) is 19.7. The fourth-order valence-electron chi connectivity index (χ4n) is 3.28. The van der Waals surface area contributed by atoms with Crippen LogP contribution in [0.1, 0.15) is 17.0 Å². The molecule has 1 N–H and O–H groups in total. The molecule has 0 aliphatic carbocycles. The van der Waals surface area contributed by atoms with Crippen LogP contribution in [0.15, 0.2) is 42.5 Å². The number of rotatable bonds is 5. The van der Waals surface area contributed by atoms with Gasteiger partial charge in [-0.3, -0.25) is 4.79 Å². The Hall–Kier alpha value is -3.63. The van der Waals surface area contributed by atoms with E-state index in [0.717, 1.165) is 22.2 Å². The van der Waals surface area contributed by atoms with Crippen molar-refractivity contribution >= 4 is 28.6 Å². The lowest BCUT2D eigenvalue weighted by Gasteiger charge is -2.26. The van der Waals surface area contributed by atoms with Crippen LogP contribution in [0.25, 0.3) is 22.7 Å². The van der Waals surface area contributed by atoms with E-state index in [-0.39, 0.29) is 12.5 Å². The van der Waals surface area contributed by atoms with Gasteiger partial charge in [-0.1, -0.05) is 18.2 Å². The van der Waals surface area contributed by atoms with E-state index in [0.29, 0.717) is 43.5 Å². The van der Waals surface area contributed by atoms with Crippen LogP contribution in [-0.4, -0.2) is 53.7 Å². The fourth-order valence-corrected chi connectivity index (χ4v) is 3.28. The normalized spacial score (nSPS) is 14.5. The minimum atomic E-state index is -0.0471. The summed E-state index contributed by atoms with van der Waals surface area (Å²) in [7, 11) is 0. The van der Waals surface area contributed by atoms with Crippen molar-refractivity contribution in [3.8, 4) is 11.8 Å². The van der Waals surface area contributed by atoms with Crippen LogP contribution in [0.4, 0.5) is 0 Å². The number of fused-ring (bicyclic) bond motifs is 1. The molecule has 2 aromatic carbocycles. The first-order valence-corrected chi connectivity index (χ1v) is 9.79. The highest BCUT2D eigenvalue weighted by molar-refractivity contribution is 5.90. The number of aryl methyl sites for hydroxylation is 1. The molecule has 1 aliphatic rings. The highest BCUT2D eigenvalue weighted by Gasteiger charge is 2.17. The molecule has 0 spiro atoms. The van der Waals surface area contributed by atoms with Crippen molar-refractivity contribution in [1.82, 2.24) is 14.9 Å². The molecule has 7 nitrogen and oxygen atoms in total. The van der Waals surface area contributed by atoms with Crippen LogP contribution < -0.4 is 4.74 Å². The standard InChI is InChI=1S/C23H22N4O3/c1-16-2-7-20-21(12-16)26-23(25-20)18(14-24)13-17-3-5-19(6-4-17)30-15-22(28)27-8-10-29-11-9-27/h2-7,12-13H,8-11,15H2,1H3,(H,25,26). The van der Waals surface area contributed by atoms with Crippen molar-refractivity contribution in [2.75, 3.05) is 32.9 Å². The number of hydrogen-bond donors (Lipinski definition) is 1. The number of hydrogen-bond acceptors (Lipinski definition) is 5. The highest BCUT2D eigenvalue weighted by Crippen LogP contribution is 2.21. The summed E-state index contributed by atoms with van der Waals surface area (Å²) in [6.45, 7) is 4.35. The molecule has 0 saturated carbocycles. The van der Waals surface area contributed by atoms with Gasteiger partial charge in [0.1, 0.15) is 17.6 Å². The number of carbonyl (C=O) groups excluding carboxylic acids is 1. The molecule has 7 heteroatoms. The van der Waals surface area contributed by atoms with E-state index in [1.807, 2.05) is 37.3 Å². The maximum Gasteiger partial charge on any atom is 0.260 e. The summed E-state index contributed by atoms with van der Waals surface area (Å²) in [5.74, 6) is 1.09. The van der Waals surface area contributed by atoms with E-state index < -0.39 is 0 Å². The Balaban J connectivity index is 1.43. The molecule has 30 heavy (non-hydrogen) atoms. The summed E-state index contributed by atoms with van der Waals surface area (Å²) in [4.78, 5) is 21.6. The molecule has 152 valence electrons. The van der Waals surface area contributed by atoms with E-state index in [1.54, 1.807) is 23.1 Å². The van der Waals surface area contributed by atoms with Crippen LogP contribution in [-0.2, 0) is 9.53 Å². The maximum atomic E-state index is 12.2. The molecule has 0 bridgehead atoms. The number of carbonyl (C=O) groups is 1. The molecule has 3 aromatic rings. The van der Waals surface area contributed by atoms with Gasteiger partial charge in [-0.25, -0.2) is 4.98 Å². The van der Waals surface area contributed by atoms with Crippen molar-refractivity contribution < 1.29 is 14.3 Å². The number of morpholine rings is 1. The first-order valence-electron chi connectivity index (χ1n) is 9.79. The summed E-state index contributed by atoms with van der Waals surface area (Å²) >= 11 is 0. The predicted molar refractivity (Wildman–Crippen MR) is 114 cm³/mol. The number of imidazole rings is 1. The number of nitrogens with zero attached hydrogens (tertiary/aromatic N) is 3. The number of aromatic amines is 1. The molecule has 0 radical (unpaired) electrons. The predicted octanol–water partition coefficient (Wildman–Crippen LogP) is 3.17. The van der Waals surface area contributed by atoms with Crippen molar-refractivity contribution in [1.29, 1.82) is 5.26 Å². The number of aromatic nitrogens is 2. The number of H-pyrrole nitrogens is 1. The second-order valence-corrected chi connectivity index (χ2v) is 7.13. The summed E-state index contributed by atoms with van der Waals surface area (Å²) < 4.78 is 10.9. The largest absolute Gasteiger partial charge is 0.484 e. The highest BCUT2D eigenvalue weighted by atomic mass is 16.5. The van der Waals surface area contributed by atoms with E-state index in [4.69, 9.17) is 9.47 Å². The Morgan fingerprint density at radius 1 is 1.27 bits per heavy atom. The van der Waals surface area contributed by atoms with Crippen LogP contribution in [0.2, 0.25) is 0 Å². The van der Waals surface area contributed by atoms with Gasteiger partial charge >= 0.3 is 0 Å². The summed E-state index contributed by atoms with van der Waals surface area (Å²) in [5, 5.41) is 9.59. The van der Waals surface area contributed by atoms with Gasteiger partial charge in [0.05, 0.1) is 29.8 Å². The van der Waals surface area contributed by atoms with Gasteiger partial charge in [-0.2, -0.15) is 5.26 Å². The second kappa shape index (κ2) is 8.80. The fraction of sp³-hybridized carbons (Fsp3) is 0.261. The minimum absolute atomic E-state index is 0.00294. The first-order chi connectivity index (χ1) is 14.6. The third-order valence-electron chi connectivity index (χ3n) is 4.93. The average molecular weight is 402 g/mol. The average Bonchev–Trinajstić information content (AvgIpc) is 3.20. The number of nitrogens with one attached hydrogen (secondary N) is 1. The minimum Gasteiger partial charge on any atom is -0.484 e. The van der Waals surface area contributed by atoms with Gasteiger partial charge < -0.3 is 19.4 Å². The third-order valence-corrected chi connectivity index (χ3v) is 4.93. The van der Waals surface area contributed by atoms with Crippen LogP contribution >= 0.6 is 0 Å². The van der Waals surface area contributed by atoms with Gasteiger partial charge in [0.2, 0.25) is 0 Å². The van der Waals surface area contributed by atoms with Crippen molar-refractivity contribution in [2.24, 2.45) is 0 Å². The van der Waals surface area contributed by atoms with E-state index in [2.05, 4.69) is 16.0 Å². The van der Waals surface area contributed by atoms with Crippen molar-refractivity contribution in [3.05, 3.63) is 59.4 Å². The Kier molecular flexibility index (Phi) is 5.77. The number of amides is 1. The molecule has 1 fully saturated rings. The molecule has 4 rings (SSSR count). The molecule has 0 atom stereocenters. The number of allylic oxidation sites excluding steroid dienone is 1. The zero-order chi connectivity index (χ0) is 20.9. The van der Waals surface area contributed by atoms with Crippen molar-refractivity contribution in [3.63, 3.8) is 0 Å². The Morgan fingerprint density at radius 2 is 2.03 bits per heavy atom. The smallest absolute Gasteiger partial charge is 0.260 e. The molecule has 2 heterocycles. The maximum absolute atomic E-state index is 12.2. The van der Waals surface area contributed by atoms with Gasteiger partial charge in [0, 0.05) is 13.1 Å². The van der Waals surface area contributed by atoms with Gasteiger partial charge in [-0.15, -0.1) is 0 Å². The molecular weight excluding hydrogens is 380 g/mol. The number of ether oxygens (including phenoxy) is 2. The Bertz CT molecular complexity index is 1120. The lowest BCUT2D eigenvalue weighted by Crippen LogP contribution is -2.42. The van der Waals surface area contributed by atoms with E-state index in [9.17, 15) is 10.1 Å². The third kappa shape index (κ3) is 4.50. The van der Waals surface area contributed by atoms with Crippen LogP contribution in [0.5, 0.6) is 5.75 Å². The van der Waals surface area contributed by atoms with Crippen LogP contribution in [0, 0.1) is 18.3 Å². The molecule has 1 amide bonds. The zero-order valence-corrected chi connectivity index (χ0v) is 16.7. The van der Waals surface area contributed by atoms with E-state index in [1.165, 1.54) is 0 Å². The lowest BCUT2D eigenvalue weighted by molar-refractivity contribution is -0.137. The number of nitriles is 1. The molecule has 0 unspecified atom stereocenters. The molecule has 1 saturated heterocycles. The molecule has 1 aromatic heterocycles. The van der Waals surface area contributed by atoms with E-state index >= 15 is 0 Å². The summed E-state index contributed by atoms with van der Waals surface area (Å²) in [6, 6.07) is 15.4. The topological polar surface area (TPSA) is 91.2 Å². The monoisotopic (exact) mass is 402 g/mol. The zero-order valence-electron chi connectivity index (χ0n) is 16.7. The summed E-state index contributed by atoms with van der Waals surface area (Å²) in [5.41, 5.74) is 4.14. The molecule has 1 aliphatic heterocycles. The van der Waals surface area contributed by atoms with Gasteiger partial charge in [-0.05, 0) is 48.4 Å². The lowest BCUT2D eigenvalue weighted by atomic mass is 10.1. The second-order valence-electron chi connectivity index (χ2n) is 7.13. The van der Waals surface area contributed by atoms with Gasteiger partial charge in [0.25, 0.3) is 5.91 Å². The summed E-state index contributed by atoms with van der Waals surface area (Å²) in [6.07, 6.45) is 1.77. The SMILES string of the molecule is Cc1ccc2nc(C(C#N)=Cc3ccc(OCC(=O)N4CCOCC4)cc3)[nH]c2c1. The molecular formula is C23H22N4O3. The quantitative estimate of drug-likeness (QED) is 0.662. The number of benzene rings is 2. The Labute approximate surface area is 174 Å².